The summed E-state index contributed by atoms with van der Waals surface area (Å²) in [7, 11) is -3.89. The molecule has 2 aromatic heterocycles. The van der Waals surface area contributed by atoms with Crippen molar-refractivity contribution >= 4 is 21.3 Å². The predicted molar refractivity (Wildman–Crippen MR) is 131 cm³/mol. The van der Waals surface area contributed by atoms with E-state index in [2.05, 4.69) is 5.10 Å². The van der Waals surface area contributed by atoms with Crippen LogP contribution in [0.25, 0.3) is 5.52 Å². The van der Waals surface area contributed by atoms with Crippen LogP contribution >= 0.6 is 0 Å². The van der Waals surface area contributed by atoms with Crippen molar-refractivity contribution in [3.05, 3.63) is 88.1 Å². The second kappa shape index (κ2) is 9.22. The molecule has 36 heavy (non-hydrogen) atoms. The van der Waals surface area contributed by atoms with Gasteiger partial charge in [-0.3, -0.25) is 9.36 Å². The van der Waals surface area contributed by atoms with Crippen molar-refractivity contribution in [2.45, 2.75) is 35.2 Å². The molecule has 1 fully saturated rings. The predicted octanol–water partition coefficient (Wildman–Crippen LogP) is 2.32. The second-order valence-electron chi connectivity index (χ2n) is 8.77. The Kier molecular flexibility index (Phi) is 6.07. The molecule has 9 nitrogen and oxygen atoms in total. The zero-order valence-corrected chi connectivity index (χ0v) is 20.0. The van der Waals surface area contributed by atoms with Gasteiger partial charge in [-0.05, 0) is 54.8 Å². The molecule has 0 amide bonds. The number of sulfone groups is 1. The maximum Gasteiger partial charge on any atom is 0.279 e. The number of fused-ring (bicyclic) bond motifs is 1. The van der Waals surface area contributed by atoms with E-state index in [4.69, 9.17) is 5.73 Å². The number of benzene rings is 2. The summed E-state index contributed by atoms with van der Waals surface area (Å²) in [5.74, 6) is -0.262. The van der Waals surface area contributed by atoms with Crippen LogP contribution in [0.2, 0.25) is 0 Å². The average Bonchev–Trinajstić information content (AvgIpc) is 3.32. The highest BCUT2D eigenvalue weighted by molar-refractivity contribution is 7.91. The number of piperidine rings is 1. The molecule has 0 radical (unpaired) electrons. The maximum atomic E-state index is 14.0. The summed E-state index contributed by atoms with van der Waals surface area (Å²) in [6.07, 6.45) is 2.94. The zero-order valence-electron chi connectivity index (χ0n) is 19.2. The second-order valence-corrected chi connectivity index (χ2v) is 10.7. The summed E-state index contributed by atoms with van der Waals surface area (Å²) in [6, 6.07) is 14.9. The number of hydrogen-bond donors (Lipinski definition) is 1. The Labute approximate surface area is 206 Å². The van der Waals surface area contributed by atoms with Crippen molar-refractivity contribution in [1.29, 1.82) is 5.26 Å². The van der Waals surface area contributed by atoms with Crippen molar-refractivity contribution in [2.75, 3.05) is 18.0 Å². The minimum absolute atomic E-state index is 0.0458. The van der Waals surface area contributed by atoms with E-state index in [0.29, 0.717) is 18.7 Å². The minimum Gasteiger partial charge on any atom is -0.339 e. The van der Waals surface area contributed by atoms with Crippen LogP contribution in [0.15, 0.2) is 75.4 Å². The van der Waals surface area contributed by atoms with Gasteiger partial charge in [0.25, 0.3) is 5.56 Å². The Morgan fingerprint density at radius 3 is 2.64 bits per heavy atom. The molecule has 0 spiro atoms. The molecule has 0 unspecified atom stereocenters. The fourth-order valence-corrected chi connectivity index (χ4v) is 5.77. The van der Waals surface area contributed by atoms with Crippen molar-refractivity contribution in [3.63, 3.8) is 0 Å². The number of nitrogens with two attached hydrogens (primary N) is 1. The summed E-state index contributed by atoms with van der Waals surface area (Å²) in [4.78, 5) is 15.6. The lowest BCUT2D eigenvalue weighted by molar-refractivity contribution is 0.487. The van der Waals surface area contributed by atoms with Crippen LogP contribution in [0.5, 0.6) is 0 Å². The minimum atomic E-state index is -3.89. The lowest BCUT2D eigenvalue weighted by Gasteiger charge is -2.32. The van der Waals surface area contributed by atoms with E-state index in [1.807, 2.05) is 11.0 Å². The first-order chi connectivity index (χ1) is 17.3. The normalized spacial score (nSPS) is 16.2. The van der Waals surface area contributed by atoms with E-state index in [1.54, 1.807) is 18.2 Å². The van der Waals surface area contributed by atoms with Crippen LogP contribution in [0.4, 0.5) is 10.3 Å². The Morgan fingerprint density at radius 1 is 1.14 bits per heavy atom. The van der Waals surface area contributed by atoms with E-state index >= 15 is 0 Å². The molecule has 1 saturated heterocycles. The summed E-state index contributed by atoms with van der Waals surface area (Å²) >= 11 is 0. The molecular formula is C25H23FN6O3S. The molecule has 1 aliphatic rings. The van der Waals surface area contributed by atoms with Crippen molar-refractivity contribution in [1.82, 2.24) is 14.2 Å². The van der Waals surface area contributed by atoms with Crippen LogP contribution in [-0.2, 0) is 16.4 Å². The molecule has 0 aliphatic carbocycles. The first kappa shape index (κ1) is 23.7. The SMILES string of the molecule is N#Cc1ccc(F)cc1Cn1c(N2CCC[C@@H](N)C2)nn2cc(S(=O)(=O)c3ccccc3)cc2c1=O. The molecule has 11 heteroatoms. The fourth-order valence-electron chi connectivity index (χ4n) is 4.47. The van der Waals surface area contributed by atoms with Crippen LogP contribution < -0.4 is 16.2 Å². The summed E-state index contributed by atoms with van der Waals surface area (Å²) in [6.45, 7) is 0.926. The van der Waals surface area contributed by atoms with Gasteiger partial charge in [0.1, 0.15) is 11.3 Å². The number of halogens is 1. The Balaban J connectivity index is 1.70. The number of anilines is 1. The lowest BCUT2D eigenvalue weighted by atomic mass is 10.1. The topological polar surface area (TPSA) is 126 Å². The molecule has 1 atom stereocenters. The van der Waals surface area contributed by atoms with Gasteiger partial charge in [-0.1, -0.05) is 18.2 Å². The molecule has 3 heterocycles. The van der Waals surface area contributed by atoms with Gasteiger partial charge in [-0.15, -0.1) is 5.10 Å². The van der Waals surface area contributed by atoms with E-state index in [-0.39, 0.29) is 39.4 Å². The summed E-state index contributed by atoms with van der Waals surface area (Å²) in [5, 5.41) is 14.1. The van der Waals surface area contributed by atoms with Crippen molar-refractivity contribution < 1.29 is 12.8 Å². The maximum absolute atomic E-state index is 14.0. The van der Waals surface area contributed by atoms with Gasteiger partial charge in [0.15, 0.2) is 0 Å². The van der Waals surface area contributed by atoms with Crippen LogP contribution in [0.1, 0.15) is 24.0 Å². The summed E-state index contributed by atoms with van der Waals surface area (Å²) in [5.41, 5.74) is 6.25. The fraction of sp³-hybridized carbons (Fsp3) is 0.240. The monoisotopic (exact) mass is 506 g/mol. The molecule has 2 N–H and O–H groups in total. The molecule has 4 aromatic rings. The number of aromatic nitrogens is 3. The van der Waals surface area contributed by atoms with Crippen molar-refractivity contribution in [2.24, 2.45) is 5.73 Å². The Bertz CT molecular complexity index is 1660. The van der Waals surface area contributed by atoms with E-state index < -0.39 is 21.2 Å². The lowest BCUT2D eigenvalue weighted by Crippen LogP contribution is -2.46. The first-order valence-corrected chi connectivity index (χ1v) is 12.9. The van der Waals surface area contributed by atoms with Gasteiger partial charge in [-0.25, -0.2) is 17.3 Å². The largest absolute Gasteiger partial charge is 0.339 e. The van der Waals surface area contributed by atoms with E-state index in [1.165, 1.54) is 51.7 Å². The average molecular weight is 507 g/mol. The third kappa shape index (κ3) is 4.25. The van der Waals surface area contributed by atoms with Crippen molar-refractivity contribution in [3.8, 4) is 6.07 Å². The molecule has 2 aromatic carbocycles. The third-order valence-electron chi connectivity index (χ3n) is 6.30. The van der Waals surface area contributed by atoms with E-state index in [9.17, 15) is 22.9 Å². The molecule has 1 aliphatic heterocycles. The molecule has 0 bridgehead atoms. The highest BCUT2D eigenvalue weighted by Crippen LogP contribution is 2.24. The van der Waals surface area contributed by atoms with Crippen LogP contribution in [-0.4, -0.2) is 41.7 Å². The standard InChI is InChI=1S/C25H23FN6O3S/c26-19-9-8-17(13-27)18(11-19)14-31-24(33)23-12-22(36(34,35)21-6-2-1-3-7-21)16-32(23)29-25(31)30-10-4-5-20(28)15-30/h1-3,6-9,11-12,16,20H,4-5,10,14-15,28H2/t20-/m1/s1. The van der Waals surface area contributed by atoms with E-state index in [0.717, 1.165) is 12.8 Å². The van der Waals surface area contributed by atoms with Gasteiger partial charge in [0, 0.05) is 25.3 Å². The molecule has 0 saturated carbocycles. The van der Waals surface area contributed by atoms with Gasteiger partial charge < -0.3 is 10.6 Å². The number of nitrogens with zero attached hydrogens (tertiary/aromatic N) is 5. The summed E-state index contributed by atoms with van der Waals surface area (Å²) < 4.78 is 43.0. The quantitative estimate of drug-likeness (QED) is 0.440. The first-order valence-electron chi connectivity index (χ1n) is 11.4. The van der Waals surface area contributed by atoms with Crippen LogP contribution in [0.3, 0.4) is 0 Å². The highest BCUT2D eigenvalue weighted by Gasteiger charge is 2.26. The van der Waals surface area contributed by atoms with Gasteiger partial charge in [0.2, 0.25) is 15.8 Å². The third-order valence-corrected chi connectivity index (χ3v) is 8.04. The van der Waals surface area contributed by atoms with Gasteiger partial charge in [0.05, 0.1) is 28.0 Å². The van der Waals surface area contributed by atoms with Gasteiger partial charge in [-0.2, -0.15) is 5.26 Å². The van der Waals surface area contributed by atoms with Crippen LogP contribution in [0, 0.1) is 17.1 Å². The number of hydrogen-bond acceptors (Lipinski definition) is 7. The number of nitriles is 1. The molecule has 184 valence electrons. The Morgan fingerprint density at radius 2 is 1.92 bits per heavy atom. The molecule has 5 rings (SSSR count). The number of rotatable bonds is 5. The zero-order chi connectivity index (χ0) is 25.4. The Hall–Kier alpha value is -4.01. The molecular weight excluding hydrogens is 483 g/mol. The smallest absolute Gasteiger partial charge is 0.279 e. The highest BCUT2D eigenvalue weighted by atomic mass is 32.2. The van der Waals surface area contributed by atoms with Gasteiger partial charge >= 0.3 is 0 Å².